The van der Waals surface area contributed by atoms with Gasteiger partial charge in [-0.1, -0.05) is 35.9 Å². The van der Waals surface area contributed by atoms with Gasteiger partial charge < -0.3 is 10.2 Å². The monoisotopic (exact) mass is 387 g/mol. The number of hydrogen-bond acceptors (Lipinski definition) is 4. The van der Waals surface area contributed by atoms with Crippen LogP contribution in [0.5, 0.6) is 0 Å². The Hall–Kier alpha value is -2.93. The first-order valence-corrected chi connectivity index (χ1v) is 8.91. The molecule has 7 nitrogen and oxygen atoms in total. The van der Waals surface area contributed by atoms with Crippen molar-refractivity contribution in [2.75, 3.05) is 6.54 Å². The second kappa shape index (κ2) is 8.18. The zero-order valence-electron chi connectivity index (χ0n) is 14.4. The summed E-state index contributed by atoms with van der Waals surface area (Å²) in [6.45, 7) is 0.712. The largest absolute Gasteiger partial charge is 0.350 e. The number of carbonyl (C=O) groups is 2. The van der Waals surface area contributed by atoms with E-state index in [4.69, 9.17) is 11.6 Å². The highest BCUT2D eigenvalue weighted by molar-refractivity contribution is 6.30. The molecule has 0 bridgehead atoms. The number of nitro benzene ring substituents is 1. The van der Waals surface area contributed by atoms with Crippen molar-refractivity contribution in [1.82, 2.24) is 10.2 Å². The third kappa shape index (κ3) is 4.25. The van der Waals surface area contributed by atoms with Crippen molar-refractivity contribution in [2.24, 2.45) is 0 Å². The summed E-state index contributed by atoms with van der Waals surface area (Å²) in [5, 5.41) is 14.6. The number of halogens is 1. The van der Waals surface area contributed by atoms with E-state index in [2.05, 4.69) is 5.32 Å². The average molecular weight is 388 g/mol. The number of benzene rings is 2. The number of para-hydroxylation sites is 1. The Bertz CT molecular complexity index is 870. The van der Waals surface area contributed by atoms with E-state index in [-0.39, 0.29) is 17.2 Å². The molecule has 8 heteroatoms. The summed E-state index contributed by atoms with van der Waals surface area (Å²) in [7, 11) is 0. The maximum atomic E-state index is 12.8. The molecule has 1 aliphatic rings. The number of amides is 2. The molecule has 0 spiro atoms. The van der Waals surface area contributed by atoms with Crippen molar-refractivity contribution < 1.29 is 14.5 Å². The van der Waals surface area contributed by atoms with Crippen LogP contribution in [0.1, 0.15) is 28.8 Å². The summed E-state index contributed by atoms with van der Waals surface area (Å²) in [4.78, 5) is 37.4. The minimum atomic E-state index is -0.635. The van der Waals surface area contributed by atoms with Crippen molar-refractivity contribution in [3.63, 3.8) is 0 Å². The van der Waals surface area contributed by atoms with Crippen molar-refractivity contribution in [2.45, 2.75) is 25.4 Å². The van der Waals surface area contributed by atoms with Gasteiger partial charge in [-0.2, -0.15) is 0 Å². The standard InChI is InChI=1S/C19H18ClN3O4/c20-14-9-7-13(8-10-14)12-21-18(24)17-6-3-11-22(17)19(25)15-4-1-2-5-16(15)23(26)27/h1-2,4-5,7-10,17H,3,6,11-12H2,(H,21,24)/t17-/m0/s1. The third-order valence-electron chi connectivity index (χ3n) is 4.53. The lowest BCUT2D eigenvalue weighted by Gasteiger charge is -2.24. The van der Waals surface area contributed by atoms with Crippen LogP contribution in [0, 0.1) is 10.1 Å². The number of hydrogen-bond donors (Lipinski definition) is 1. The van der Waals surface area contributed by atoms with E-state index in [9.17, 15) is 19.7 Å². The van der Waals surface area contributed by atoms with Gasteiger partial charge in [0.2, 0.25) is 5.91 Å². The van der Waals surface area contributed by atoms with E-state index in [1.165, 1.54) is 23.1 Å². The van der Waals surface area contributed by atoms with Gasteiger partial charge >= 0.3 is 0 Å². The Morgan fingerprint density at radius 1 is 1.19 bits per heavy atom. The van der Waals surface area contributed by atoms with E-state index in [0.717, 1.165) is 5.56 Å². The number of rotatable bonds is 5. The summed E-state index contributed by atoms with van der Waals surface area (Å²) in [5.74, 6) is -0.763. The van der Waals surface area contributed by atoms with Gasteiger partial charge in [-0.05, 0) is 36.6 Å². The maximum absolute atomic E-state index is 12.8. The van der Waals surface area contributed by atoms with Crippen molar-refractivity contribution in [1.29, 1.82) is 0 Å². The zero-order valence-corrected chi connectivity index (χ0v) is 15.2. The highest BCUT2D eigenvalue weighted by atomic mass is 35.5. The second-order valence-corrected chi connectivity index (χ2v) is 6.71. The molecule has 0 saturated carbocycles. The van der Waals surface area contributed by atoms with Gasteiger partial charge in [0.1, 0.15) is 11.6 Å². The second-order valence-electron chi connectivity index (χ2n) is 6.28. The van der Waals surface area contributed by atoms with Gasteiger partial charge in [0.25, 0.3) is 11.6 Å². The molecule has 1 saturated heterocycles. The first-order chi connectivity index (χ1) is 13.0. The van der Waals surface area contributed by atoms with Gasteiger partial charge in [0.05, 0.1) is 4.92 Å². The molecule has 27 heavy (non-hydrogen) atoms. The summed E-state index contributed by atoms with van der Waals surface area (Å²) in [6.07, 6.45) is 1.20. The lowest BCUT2D eigenvalue weighted by atomic mass is 10.1. The molecule has 1 atom stereocenters. The molecule has 2 aromatic rings. The summed E-state index contributed by atoms with van der Waals surface area (Å²) < 4.78 is 0. The fourth-order valence-corrected chi connectivity index (χ4v) is 3.29. The number of likely N-dealkylation sites (tertiary alicyclic amines) is 1. The van der Waals surface area contributed by atoms with Gasteiger partial charge in [0.15, 0.2) is 0 Å². The SMILES string of the molecule is O=C(NCc1ccc(Cl)cc1)[C@@H]1CCCN1C(=O)c1ccccc1[N+](=O)[O-]. The molecule has 3 rings (SSSR count). The van der Waals surface area contributed by atoms with Crippen molar-refractivity contribution >= 4 is 29.1 Å². The molecule has 1 N–H and O–H groups in total. The lowest BCUT2D eigenvalue weighted by Crippen LogP contribution is -2.45. The summed E-state index contributed by atoms with van der Waals surface area (Å²) in [6, 6.07) is 12.3. The molecule has 1 fully saturated rings. The van der Waals surface area contributed by atoms with Crippen molar-refractivity contribution in [3.05, 3.63) is 74.8 Å². The van der Waals surface area contributed by atoms with E-state index in [1.54, 1.807) is 18.2 Å². The van der Waals surface area contributed by atoms with Crippen LogP contribution in [0.2, 0.25) is 5.02 Å². The third-order valence-corrected chi connectivity index (χ3v) is 4.78. The fraction of sp³-hybridized carbons (Fsp3) is 0.263. The predicted molar refractivity (Wildman–Crippen MR) is 100 cm³/mol. The molecule has 0 unspecified atom stereocenters. The molecular formula is C19H18ClN3O4. The minimum absolute atomic E-state index is 0.0000914. The molecule has 0 aromatic heterocycles. The Balaban J connectivity index is 1.71. The van der Waals surface area contributed by atoms with Crippen LogP contribution >= 0.6 is 11.6 Å². The van der Waals surface area contributed by atoms with Crippen LogP contribution in [0.3, 0.4) is 0 Å². The quantitative estimate of drug-likeness (QED) is 0.630. The van der Waals surface area contributed by atoms with Crippen molar-refractivity contribution in [3.8, 4) is 0 Å². The molecule has 1 aliphatic heterocycles. The Kier molecular flexibility index (Phi) is 5.71. The van der Waals surface area contributed by atoms with Gasteiger partial charge in [-0.3, -0.25) is 19.7 Å². The van der Waals surface area contributed by atoms with E-state index in [1.807, 2.05) is 12.1 Å². The van der Waals surface area contributed by atoms with E-state index < -0.39 is 16.9 Å². The lowest BCUT2D eigenvalue weighted by molar-refractivity contribution is -0.385. The normalized spacial score (nSPS) is 16.2. The highest BCUT2D eigenvalue weighted by Gasteiger charge is 2.36. The van der Waals surface area contributed by atoms with E-state index >= 15 is 0 Å². The van der Waals surface area contributed by atoms with Crippen LogP contribution in [0.25, 0.3) is 0 Å². The molecular weight excluding hydrogens is 370 g/mol. The summed E-state index contributed by atoms with van der Waals surface area (Å²) in [5.41, 5.74) is 0.636. The molecule has 0 aliphatic carbocycles. The Morgan fingerprint density at radius 3 is 2.59 bits per heavy atom. The number of nitrogens with zero attached hydrogens (tertiary/aromatic N) is 2. The molecule has 2 amide bonds. The predicted octanol–water partition coefficient (Wildman–Crippen LogP) is 3.17. The maximum Gasteiger partial charge on any atom is 0.282 e. The molecule has 1 heterocycles. The minimum Gasteiger partial charge on any atom is -0.350 e. The van der Waals surface area contributed by atoms with Crippen LogP contribution in [0.15, 0.2) is 48.5 Å². The Morgan fingerprint density at radius 2 is 1.89 bits per heavy atom. The molecule has 0 radical (unpaired) electrons. The van der Waals surface area contributed by atoms with Crippen LogP contribution in [-0.4, -0.2) is 34.2 Å². The smallest absolute Gasteiger partial charge is 0.282 e. The zero-order chi connectivity index (χ0) is 19.4. The van der Waals surface area contributed by atoms with Gasteiger partial charge in [0, 0.05) is 24.2 Å². The van der Waals surface area contributed by atoms with Gasteiger partial charge in [-0.15, -0.1) is 0 Å². The van der Waals surface area contributed by atoms with Crippen LogP contribution in [0.4, 0.5) is 5.69 Å². The van der Waals surface area contributed by atoms with Gasteiger partial charge in [-0.25, -0.2) is 0 Å². The van der Waals surface area contributed by atoms with Crippen LogP contribution in [-0.2, 0) is 11.3 Å². The van der Waals surface area contributed by atoms with E-state index in [0.29, 0.717) is 31.0 Å². The first-order valence-electron chi connectivity index (χ1n) is 8.54. The fourth-order valence-electron chi connectivity index (χ4n) is 3.16. The number of nitro groups is 1. The van der Waals surface area contributed by atoms with Crippen LogP contribution < -0.4 is 5.32 Å². The number of nitrogens with one attached hydrogen (secondary N) is 1. The first kappa shape index (κ1) is 18.8. The summed E-state index contributed by atoms with van der Waals surface area (Å²) >= 11 is 5.85. The molecule has 140 valence electrons. The number of carbonyl (C=O) groups excluding carboxylic acids is 2. The average Bonchev–Trinajstić information content (AvgIpc) is 3.16. The Labute approximate surface area is 161 Å². The topological polar surface area (TPSA) is 92.6 Å². The highest BCUT2D eigenvalue weighted by Crippen LogP contribution is 2.25. The molecule has 2 aromatic carbocycles.